The minimum Gasteiger partial charge on any atom is -0.467 e. The molecule has 17 heavy (non-hydrogen) atoms. The van der Waals surface area contributed by atoms with Crippen LogP contribution >= 0.6 is 0 Å². The fraction of sp³-hybridized carbons (Fsp3) is 0.833. The Morgan fingerprint density at radius 1 is 1.41 bits per heavy atom. The second-order valence-corrected chi connectivity index (χ2v) is 4.57. The third-order valence-electron chi connectivity index (χ3n) is 3.17. The predicted octanol–water partition coefficient (Wildman–Crippen LogP) is 0.444. The van der Waals surface area contributed by atoms with Crippen molar-refractivity contribution in [1.29, 1.82) is 0 Å². The van der Waals surface area contributed by atoms with Gasteiger partial charge in [-0.25, -0.2) is 4.79 Å². The highest BCUT2D eigenvalue weighted by Crippen LogP contribution is 2.28. The fourth-order valence-corrected chi connectivity index (χ4v) is 1.91. The van der Waals surface area contributed by atoms with E-state index in [4.69, 9.17) is 0 Å². The van der Waals surface area contributed by atoms with Crippen LogP contribution in [0.5, 0.6) is 0 Å². The van der Waals surface area contributed by atoms with Gasteiger partial charge in [0.1, 0.15) is 6.04 Å². The maximum atomic E-state index is 11.4. The molecule has 0 spiro atoms. The van der Waals surface area contributed by atoms with Crippen molar-refractivity contribution in [1.82, 2.24) is 10.6 Å². The molecule has 0 aromatic carbocycles. The second kappa shape index (κ2) is 7.27. The molecule has 1 unspecified atom stereocenters. The summed E-state index contributed by atoms with van der Waals surface area (Å²) in [6.45, 7) is 2.71. The quantitative estimate of drug-likeness (QED) is 0.502. The standard InChI is InChI=1S/C12H22N2O3/c1-9(15)14-11(12(16)17-2)8-13-7-6-10-4-3-5-10/h10-11,13H,3-8H2,1-2H3,(H,14,15). The van der Waals surface area contributed by atoms with Crippen LogP contribution < -0.4 is 10.6 Å². The number of methoxy groups -OCH3 is 1. The van der Waals surface area contributed by atoms with Gasteiger partial charge in [-0.3, -0.25) is 4.79 Å². The molecule has 1 saturated carbocycles. The summed E-state index contributed by atoms with van der Waals surface area (Å²) in [6, 6.07) is -0.584. The molecule has 0 aromatic heterocycles. The van der Waals surface area contributed by atoms with Crippen molar-refractivity contribution >= 4 is 11.9 Å². The Morgan fingerprint density at radius 2 is 2.12 bits per heavy atom. The summed E-state index contributed by atoms with van der Waals surface area (Å²) in [4.78, 5) is 22.3. The van der Waals surface area contributed by atoms with Crippen molar-refractivity contribution in [3.8, 4) is 0 Å². The van der Waals surface area contributed by atoms with E-state index in [1.165, 1.54) is 33.3 Å². The van der Waals surface area contributed by atoms with Crippen LogP contribution in [0.3, 0.4) is 0 Å². The van der Waals surface area contributed by atoms with Crippen molar-refractivity contribution < 1.29 is 14.3 Å². The Balaban J connectivity index is 2.17. The number of carbonyl (C=O) groups excluding carboxylic acids is 2. The van der Waals surface area contributed by atoms with Crippen LogP contribution in [0.25, 0.3) is 0 Å². The topological polar surface area (TPSA) is 67.4 Å². The summed E-state index contributed by atoms with van der Waals surface area (Å²) in [5, 5.41) is 5.76. The lowest BCUT2D eigenvalue weighted by molar-refractivity contribution is -0.144. The SMILES string of the molecule is COC(=O)C(CNCCC1CCC1)NC(C)=O. The number of esters is 1. The summed E-state index contributed by atoms with van der Waals surface area (Å²) < 4.78 is 4.63. The van der Waals surface area contributed by atoms with Gasteiger partial charge in [0.2, 0.25) is 5.91 Å². The zero-order valence-corrected chi connectivity index (χ0v) is 10.6. The lowest BCUT2D eigenvalue weighted by Gasteiger charge is -2.25. The second-order valence-electron chi connectivity index (χ2n) is 4.57. The highest BCUT2D eigenvalue weighted by molar-refractivity contribution is 5.83. The smallest absolute Gasteiger partial charge is 0.329 e. The van der Waals surface area contributed by atoms with Gasteiger partial charge in [0, 0.05) is 13.5 Å². The van der Waals surface area contributed by atoms with Crippen LogP contribution in [0.15, 0.2) is 0 Å². The molecule has 0 aliphatic heterocycles. The van der Waals surface area contributed by atoms with Crippen molar-refractivity contribution in [3.63, 3.8) is 0 Å². The number of nitrogens with one attached hydrogen (secondary N) is 2. The molecule has 5 nitrogen and oxygen atoms in total. The lowest BCUT2D eigenvalue weighted by Crippen LogP contribution is -2.47. The number of hydrogen-bond donors (Lipinski definition) is 2. The highest BCUT2D eigenvalue weighted by Gasteiger charge is 2.20. The van der Waals surface area contributed by atoms with Crippen LogP contribution in [-0.4, -0.2) is 38.1 Å². The Bertz CT molecular complexity index is 264. The number of amides is 1. The van der Waals surface area contributed by atoms with Crippen molar-refractivity contribution in [2.45, 2.75) is 38.6 Å². The van der Waals surface area contributed by atoms with Gasteiger partial charge in [-0.1, -0.05) is 19.3 Å². The molecule has 0 saturated heterocycles. The largest absolute Gasteiger partial charge is 0.467 e. The molecule has 0 bridgehead atoms. The van der Waals surface area contributed by atoms with Crippen LogP contribution in [0, 0.1) is 5.92 Å². The fourth-order valence-electron chi connectivity index (χ4n) is 1.91. The molecule has 1 rings (SSSR count). The zero-order valence-electron chi connectivity index (χ0n) is 10.6. The number of carbonyl (C=O) groups is 2. The first-order chi connectivity index (χ1) is 8.13. The van der Waals surface area contributed by atoms with Crippen molar-refractivity contribution in [2.75, 3.05) is 20.2 Å². The van der Waals surface area contributed by atoms with E-state index in [-0.39, 0.29) is 5.91 Å². The average Bonchev–Trinajstić information content (AvgIpc) is 2.23. The number of hydrogen-bond acceptors (Lipinski definition) is 4. The van der Waals surface area contributed by atoms with Gasteiger partial charge in [0.15, 0.2) is 0 Å². The Hall–Kier alpha value is -1.10. The average molecular weight is 242 g/mol. The Kier molecular flexibility index (Phi) is 5.97. The van der Waals surface area contributed by atoms with E-state index in [1.807, 2.05) is 0 Å². The first-order valence-electron chi connectivity index (χ1n) is 6.19. The van der Waals surface area contributed by atoms with Gasteiger partial charge in [-0.05, 0) is 18.9 Å². The van der Waals surface area contributed by atoms with E-state index in [2.05, 4.69) is 15.4 Å². The summed E-state index contributed by atoms with van der Waals surface area (Å²) in [6.07, 6.45) is 5.15. The summed E-state index contributed by atoms with van der Waals surface area (Å²) in [7, 11) is 1.32. The van der Waals surface area contributed by atoms with Crippen LogP contribution in [0.4, 0.5) is 0 Å². The molecule has 1 amide bonds. The molecule has 0 heterocycles. The third-order valence-corrected chi connectivity index (χ3v) is 3.17. The monoisotopic (exact) mass is 242 g/mol. The molecule has 2 N–H and O–H groups in total. The molecule has 98 valence electrons. The van der Waals surface area contributed by atoms with Crippen molar-refractivity contribution in [2.24, 2.45) is 5.92 Å². The molecule has 0 aromatic rings. The van der Waals surface area contributed by atoms with Crippen LogP contribution in [-0.2, 0) is 14.3 Å². The molecule has 0 radical (unpaired) electrons. The molecular formula is C12H22N2O3. The minimum atomic E-state index is -0.584. The maximum Gasteiger partial charge on any atom is 0.329 e. The summed E-state index contributed by atoms with van der Waals surface area (Å²) >= 11 is 0. The Labute approximate surface area is 102 Å². The third kappa shape index (κ3) is 5.17. The van der Waals surface area contributed by atoms with E-state index in [9.17, 15) is 9.59 Å². The van der Waals surface area contributed by atoms with Crippen molar-refractivity contribution in [3.05, 3.63) is 0 Å². The van der Waals surface area contributed by atoms with Gasteiger partial charge in [-0.2, -0.15) is 0 Å². The molecule has 1 fully saturated rings. The van der Waals surface area contributed by atoms with E-state index in [1.54, 1.807) is 0 Å². The lowest BCUT2D eigenvalue weighted by atomic mass is 9.83. The zero-order chi connectivity index (χ0) is 12.7. The van der Waals surface area contributed by atoms with E-state index >= 15 is 0 Å². The van der Waals surface area contributed by atoms with Crippen LogP contribution in [0.1, 0.15) is 32.6 Å². The van der Waals surface area contributed by atoms with Gasteiger partial charge in [0.05, 0.1) is 7.11 Å². The normalized spacial score (nSPS) is 17.1. The first-order valence-corrected chi connectivity index (χ1v) is 6.19. The Morgan fingerprint density at radius 3 is 2.59 bits per heavy atom. The van der Waals surface area contributed by atoms with E-state index < -0.39 is 12.0 Å². The highest BCUT2D eigenvalue weighted by atomic mass is 16.5. The molecule has 1 aliphatic rings. The minimum absolute atomic E-state index is 0.221. The predicted molar refractivity (Wildman–Crippen MR) is 64.4 cm³/mol. The molecule has 1 aliphatic carbocycles. The number of rotatable bonds is 7. The van der Waals surface area contributed by atoms with Gasteiger partial charge >= 0.3 is 5.97 Å². The van der Waals surface area contributed by atoms with E-state index in [0.717, 1.165) is 18.9 Å². The van der Waals surface area contributed by atoms with Gasteiger partial charge in [-0.15, -0.1) is 0 Å². The molecular weight excluding hydrogens is 220 g/mol. The summed E-state index contributed by atoms with van der Waals surface area (Å²) in [5.41, 5.74) is 0. The van der Waals surface area contributed by atoms with Gasteiger partial charge < -0.3 is 15.4 Å². The van der Waals surface area contributed by atoms with Gasteiger partial charge in [0.25, 0.3) is 0 Å². The molecule has 1 atom stereocenters. The summed E-state index contributed by atoms with van der Waals surface area (Å²) in [5.74, 6) is 0.220. The maximum absolute atomic E-state index is 11.4. The van der Waals surface area contributed by atoms with E-state index in [0.29, 0.717) is 6.54 Å². The number of ether oxygens (including phenoxy) is 1. The molecule has 5 heteroatoms. The first kappa shape index (κ1) is 14.0. The van der Waals surface area contributed by atoms with Crippen LogP contribution in [0.2, 0.25) is 0 Å².